The third-order valence-corrected chi connectivity index (χ3v) is 4.95. The lowest BCUT2D eigenvalue weighted by molar-refractivity contribution is 0.306. The highest BCUT2D eigenvalue weighted by Crippen LogP contribution is 2.36. The molecule has 2 aromatic carbocycles. The van der Waals surface area contributed by atoms with Crippen molar-refractivity contribution in [2.24, 2.45) is 0 Å². The zero-order valence-electron chi connectivity index (χ0n) is 12.5. The van der Waals surface area contributed by atoms with Crippen molar-refractivity contribution in [2.75, 3.05) is 19.6 Å². The van der Waals surface area contributed by atoms with Gasteiger partial charge in [0.15, 0.2) is 0 Å². The van der Waals surface area contributed by atoms with Gasteiger partial charge < -0.3 is 5.11 Å². The molecule has 0 saturated carbocycles. The molecule has 0 bridgehead atoms. The standard InChI is InChI=1S/C19H20BrNO/c1-2-9-21-10-8-15-11-18(20)19(22)12-16(15)17(13-21)14-6-4-3-5-7-14/h2-7,11-12,17,22H,1,8-10,13H2. The van der Waals surface area contributed by atoms with Crippen LogP contribution >= 0.6 is 15.9 Å². The van der Waals surface area contributed by atoms with Crippen LogP contribution in [0.4, 0.5) is 0 Å². The van der Waals surface area contributed by atoms with Crippen LogP contribution in [0.3, 0.4) is 0 Å². The normalized spacial score (nSPS) is 18.5. The maximum absolute atomic E-state index is 10.1. The summed E-state index contributed by atoms with van der Waals surface area (Å²) >= 11 is 3.44. The molecule has 3 heteroatoms. The molecular weight excluding hydrogens is 338 g/mol. The summed E-state index contributed by atoms with van der Waals surface area (Å²) in [5.41, 5.74) is 3.84. The van der Waals surface area contributed by atoms with E-state index in [2.05, 4.69) is 57.7 Å². The van der Waals surface area contributed by atoms with E-state index in [1.165, 1.54) is 16.7 Å². The van der Waals surface area contributed by atoms with Gasteiger partial charge in [-0.2, -0.15) is 0 Å². The summed E-state index contributed by atoms with van der Waals surface area (Å²) in [7, 11) is 0. The number of hydrogen-bond acceptors (Lipinski definition) is 2. The molecule has 1 unspecified atom stereocenters. The zero-order valence-corrected chi connectivity index (χ0v) is 14.1. The van der Waals surface area contributed by atoms with Gasteiger partial charge in [-0.15, -0.1) is 6.58 Å². The van der Waals surface area contributed by atoms with Gasteiger partial charge in [0.1, 0.15) is 5.75 Å². The summed E-state index contributed by atoms with van der Waals surface area (Å²) in [6.45, 7) is 6.73. The fourth-order valence-corrected chi connectivity index (χ4v) is 3.60. The maximum atomic E-state index is 10.1. The molecule has 1 aliphatic rings. The summed E-state index contributed by atoms with van der Waals surface area (Å²) in [6.07, 6.45) is 2.96. The van der Waals surface area contributed by atoms with Crippen LogP contribution < -0.4 is 0 Å². The monoisotopic (exact) mass is 357 g/mol. The molecule has 0 saturated heterocycles. The first-order valence-corrected chi connectivity index (χ1v) is 8.38. The predicted molar refractivity (Wildman–Crippen MR) is 94.4 cm³/mol. The third kappa shape index (κ3) is 3.11. The van der Waals surface area contributed by atoms with Crippen LogP contribution in [0.1, 0.15) is 22.6 Å². The fraction of sp³-hybridized carbons (Fsp3) is 0.263. The van der Waals surface area contributed by atoms with Crippen molar-refractivity contribution >= 4 is 15.9 Å². The molecule has 2 aromatic rings. The summed E-state index contributed by atoms with van der Waals surface area (Å²) in [6, 6.07) is 14.5. The SMILES string of the molecule is C=CCN1CCc2cc(Br)c(O)cc2C(c2ccccc2)C1. The second-order valence-electron chi connectivity index (χ2n) is 5.76. The minimum absolute atomic E-state index is 0.276. The van der Waals surface area contributed by atoms with Gasteiger partial charge >= 0.3 is 0 Å². The zero-order chi connectivity index (χ0) is 15.5. The highest BCUT2D eigenvalue weighted by atomic mass is 79.9. The predicted octanol–water partition coefficient (Wildman–Crippen LogP) is 4.33. The van der Waals surface area contributed by atoms with E-state index in [1.807, 2.05) is 18.2 Å². The number of nitrogens with zero attached hydrogens (tertiary/aromatic N) is 1. The van der Waals surface area contributed by atoms with E-state index < -0.39 is 0 Å². The molecule has 0 aromatic heterocycles. The van der Waals surface area contributed by atoms with E-state index in [9.17, 15) is 5.11 Å². The Labute approximate surface area is 140 Å². The summed E-state index contributed by atoms with van der Waals surface area (Å²) in [4.78, 5) is 2.43. The number of phenolic OH excluding ortho intramolecular Hbond substituents is 1. The van der Waals surface area contributed by atoms with Crippen LogP contribution in [0.5, 0.6) is 5.75 Å². The lowest BCUT2D eigenvalue weighted by atomic mass is 9.88. The van der Waals surface area contributed by atoms with Crippen LogP contribution in [0.2, 0.25) is 0 Å². The maximum Gasteiger partial charge on any atom is 0.130 e. The van der Waals surface area contributed by atoms with Crippen molar-refractivity contribution < 1.29 is 5.11 Å². The Hall–Kier alpha value is -1.58. The third-order valence-electron chi connectivity index (χ3n) is 4.31. The van der Waals surface area contributed by atoms with Gasteiger partial charge in [0.25, 0.3) is 0 Å². The number of phenols is 1. The molecule has 0 fully saturated rings. The number of rotatable bonds is 3. The van der Waals surface area contributed by atoms with Gasteiger partial charge in [-0.05, 0) is 51.2 Å². The van der Waals surface area contributed by atoms with E-state index in [0.29, 0.717) is 5.75 Å². The van der Waals surface area contributed by atoms with Gasteiger partial charge in [-0.3, -0.25) is 4.90 Å². The molecule has 22 heavy (non-hydrogen) atoms. The first kappa shape index (κ1) is 15.3. The first-order chi connectivity index (χ1) is 10.7. The highest BCUT2D eigenvalue weighted by Gasteiger charge is 2.25. The lowest BCUT2D eigenvalue weighted by Gasteiger charge is -2.24. The fourth-order valence-electron chi connectivity index (χ4n) is 3.21. The van der Waals surface area contributed by atoms with Crippen LogP contribution in [-0.4, -0.2) is 29.6 Å². The van der Waals surface area contributed by atoms with Crippen LogP contribution in [-0.2, 0) is 6.42 Å². The van der Waals surface area contributed by atoms with Gasteiger partial charge in [-0.1, -0.05) is 36.4 Å². The Bertz CT molecular complexity index is 669. The number of benzene rings is 2. The van der Waals surface area contributed by atoms with Crippen molar-refractivity contribution in [3.05, 3.63) is 76.3 Å². The van der Waals surface area contributed by atoms with Gasteiger partial charge in [0, 0.05) is 25.6 Å². The molecule has 1 N–H and O–H groups in total. The van der Waals surface area contributed by atoms with Crippen molar-refractivity contribution in [3.8, 4) is 5.75 Å². The Balaban J connectivity index is 2.07. The molecule has 0 radical (unpaired) electrons. The number of fused-ring (bicyclic) bond motifs is 1. The van der Waals surface area contributed by atoms with Crippen molar-refractivity contribution in [1.82, 2.24) is 4.90 Å². The van der Waals surface area contributed by atoms with E-state index in [-0.39, 0.29) is 5.92 Å². The number of aromatic hydroxyl groups is 1. The van der Waals surface area contributed by atoms with E-state index in [1.54, 1.807) is 0 Å². The average Bonchev–Trinajstić information content (AvgIpc) is 2.70. The smallest absolute Gasteiger partial charge is 0.130 e. The summed E-state index contributed by atoms with van der Waals surface area (Å²) in [5, 5.41) is 10.1. The molecule has 0 spiro atoms. The van der Waals surface area contributed by atoms with Crippen molar-refractivity contribution in [3.63, 3.8) is 0 Å². The van der Waals surface area contributed by atoms with Crippen LogP contribution in [0.25, 0.3) is 0 Å². The molecule has 1 heterocycles. The number of hydrogen-bond donors (Lipinski definition) is 1. The second-order valence-corrected chi connectivity index (χ2v) is 6.62. The molecule has 3 rings (SSSR count). The topological polar surface area (TPSA) is 23.5 Å². The molecular formula is C19H20BrNO. The van der Waals surface area contributed by atoms with Crippen LogP contribution in [0, 0.1) is 0 Å². The highest BCUT2D eigenvalue weighted by molar-refractivity contribution is 9.10. The molecule has 1 atom stereocenters. The Kier molecular flexibility index (Phi) is 4.65. The Morgan fingerprint density at radius 1 is 1.27 bits per heavy atom. The lowest BCUT2D eigenvalue weighted by Crippen LogP contribution is -2.28. The molecule has 1 aliphatic heterocycles. The minimum atomic E-state index is 0.276. The van der Waals surface area contributed by atoms with E-state index in [4.69, 9.17) is 0 Å². The largest absolute Gasteiger partial charge is 0.507 e. The van der Waals surface area contributed by atoms with Crippen molar-refractivity contribution in [1.29, 1.82) is 0 Å². The average molecular weight is 358 g/mol. The van der Waals surface area contributed by atoms with Gasteiger partial charge in [0.05, 0.1) is 4.47 Å². The molecule has 2 nitrogen and oxygen atoms in total. The molecule has 114 valence electrons. The number of halogens is 1. The quantitative estimate of drug-likeness (QED) is 0.826. The minimum Gasteiger partial charge on any atom is -0.507 e. The van der Waals surface area contributed by atoms with Crippen molar-refractivity contribution in [2.45, 2.75) is 12.3 Å². The molecule has 0 aliphatic carbocycles. The summed E-state index contributed by atoms with van der Waals surface area (Å²) < 4.78 is 0.773. The van der Waals surface area contributed by atoms with Gasteiger partial charge in [-0.25, -0.2) is 0 Å². The first-order valence-electron chi connectivity index (χ1n) is 7.58. The Morgan fingerprint density at radius 3 is 2.77 bits per heavy atom. The molecule has 0 amide bonds. The van der Waals surface area contributed by atoms with Gasteiger partial charge in [0.2, 0.25) is 0 Å². The second kappa shape index (κ2) is 6.67. The van der Waals surface area contributed by atoms with E-state index in [0.717, 1.165) is 30.5 Å². The van der Waals surface area contributed by atoms with Crippen LogP contribution in [0.15, 0.2) is 59.6 Å². The summed E-state index contributed by atoms with van der Waals surface area (Å²) in [5.74, 6) is 0.592. The Morgan fingerprint density at radius 2 is 2.05 bits per heavy atom. The van der Waals surface area contributed by atoms with E-state index >= 15 is 0 Å².